The van der Waals surface area contributed by atoms with Gasteiger partial charge in [0.05, 0.1) is 15.5 Å². The van der Waals surface area contributed by atoms with Crippen LogP contribution in [0.3, 0.4) is 0 Å². The number of carbonyl (C=O) groups is 1. The largest absolute Gasteiger partial charge is 0.322 e. The SMILES string of the molecule is Cc1ccc(C(=O)Nc2ccc(S(=O)(=O)Nc3ccc(F)cc3)cc2)c(Cl)c1. The van der Waals surface area contributed by atoms with Gasteiger partial charge in [-0.15, -0.1) is 0 Å². The molecule has 3 rings (SSSR count). The second kappa shape index (κ2) is 8.00. The van der Waals surface area contributed by atoms with Crippen LogP contribution in [0.15, 0.2) is 71.6 Å². The minimum Gasteiger partial charge on any atom is -0.322 e. The van der Waals surface area contributed by atoms with Gasteiger partial charge in [-0.25, -0.2) is 12.8 Å². The van der Waals surface area contributed by atoms with Gasteiger partial charge in [0.1, 0.15) is 5.82 Å². The Balaban J connectivity index is 1.73. The van der Waals surface area contributed by atoms with Gasteiger partial charge in [-0.1, -0.05) is 17.7 Å². The van der Waals surface area contributed by atoms with Crippen LogP contribution in [0, 0.1) is 12.7 Å². The quantitative estimate of drug-likeness (QED) is 0.622. The van der Waals surface area contributed by atoms with Crippen LogP contribution in [-0.2, 0) is 10.0 Å². The molecule has 0 spiro atoms. The molecule has 0 aromatic heterocycles. The first kappa shape index (κ1) is 19.9. The summed E-state index contributed by atoms with van der Waals surface area (Å²) in [5, 5.41) is 3.01. The third-order valence-electron chi connectivity index (χ3n) is 3.89. The highest BCUT2D eigenvalue weighted by molar-refractivity contribution is 7.92. The molecule has 0 aliphatic heterocycles. The Morgan fingerprint density at radius 2 is 1.54 bits per heavy atom. The number of carbonyl (C=O) groups excluding carboxylic acids is 1. The van der Waals surface area contributed by atoms with Crippen LogP contribution in [0.4, 0.5) is 15.8 Å². The van der Waals surface area contributed by atoms with Crippen molar-refractivity contribution in [2.24, 2.45) is 0 Å². The van der Waals surface area contributed by atoms with E-state index in [9.17, 15) is 17.6 Å². The molecule has 2 N–H and O–H groups in total. The molecule has 1 amide bonds. The van der Waals surface area contributed by atoms with Gasteiger partial charge >= 0.3 is 0 Å². The standard InChI is InChI=1S/C20H16ClFN2O3S/c1-13-2-11-18(19(21)12-13)20(25)23-15-7-9-17(10-8-15)28(26,27)24-16-5-3-14(22)4-6-16/h2-12,24H,1H3,(H,23,25). The molecule has 28 heavy (non-hydrogen) atoms. The molecule has 0 fully saturated rings. The molecule has 3 aromatic carbocycles. The number of anilines is 2. The van der Waals surface area contributed by atoms with Crippen molar-refractivity contribution in [1.82, 2.24) is 0 Å². The van der Waals surface area contributed by atoms with Gasteiger partial charge < -0.3 is 5.32 Å². The number of halogens is 2. The highest BCUT2D eigenvalue weighted by Gasteiger charge is 2.15. The maximum absolute atomic E-state index is 12.9. The van der Waals surface area contributed by atoms with Crippen LogP contribution in [0.2, 0.25) is 5.02 Å². The summed E-state index contributed by atoms with van der Waals surface area (Å²) in [6.45, 7) is 1.87. The summed E-state index contributed by atoms with van der Waals surface area (Å²) in [7, 11) is -3.84. The zero-order valence-electron chi connectivity index (χ0n) is 14.7. The number of nitrogens with one attached hydrogen (secondary N) is 2. The predicted octanol–water partition coefficient (Wildman–Crippen LogP) is 4.84. The Kier molecular flexibility index (Phi) is 5.67. The fourth-order valence-corrected chi connectivity index (χ4v) is 3.83. The number of sulfonamides is 1. The van der Waals surface area contributed by atoms with Crippen molar-refractivity contribution in [3.63, 3.8) is 0 Å². The number of aryl methyl sites for hydroxylation is 1. The lowest BCUT2D eigenvalue weighted by Gasteiger charge is -2.10. The van der Waals surface area contributed by atoms with Crippen molar-refractivity contribution >= 4 is 38.9 Å². The second-order valence-electron chi connectivity index (χ2n) is 6.07. The molecule has 0 saturated carbocycles. The predicted molar refractivity (Wildman–Crippen MR) is 108 cm³/mol. The van der Waals surface area contributed by atoms with Crippen molar-refractivity contribution in [2.45, 2.75) is 11.8 Å². The minimum absolute atomic E-state index is 0.00296. The third kappa shape index (κ3) is 4.68. The molecule has 8 heteroatoms. The first-order valence-corrected chi connectivity index (χ1v) is 10.1. The van der Waals surface area contributed by atoms with Gasteiger partial charge in [-0.3, -0.25) is 9.52 Å². The molecular weight excluding hydrogens is 403 g/mol. The highest BCUT2D eigenvalue weighted by atomic mass is 35.5. The summed E-state index contributed by atoms with van der Waals surface area (Å²) in [6.07, 6.45) is 0. The van der Waals surface area contributed by atoms with E-state index in [1.807, 2.05) is 6.92 Å². The molecule has 0 unspecified atom stereocenters. The smallest absolute Gasteiger partial charge is 0.261 e. The molecule has 0 atom stereocenters. The Morgan fingerprint density at radius 1 is 0.929 bits per heavy atom. The highest BCUT2D eigenvalue weighted by Crippen LogP contribution is 2.21. The Labute approximate surface area is 167 Å². The summed E-state index contributed by atoms with van der Waals surface area (Å²) in [4.78, 5) is 12.3. The van der Waals surface area contributed by atoms with Gasteiger partial charge in [0.15, 0.2) is 0 Å². The maximum Gasteiger partial charge on any atom is 0.261 e. The fourth-order valence-electron chi connectivity index (χ4n) is 2.45. The molecule has 0 aliphatic rings. The molecule has 144 valence electrons. The van der Waals surface area contributed by atoms with E-state index in [-0.39, 0.29) is 10.6 Å². The van der Waals surface area contributed by atoms with Crippen molar-refractivity contribution in [2.75, 3.05) is 10.0 Å². The first-order valence-electron chi connectivity index (χ1n) is 8.20. The van der Waals surface area contributed by atoms with E-state index in [2.05, 4.69) is 10.0 Å². The van der Waals surface area contributed by atoms with Gasteiger partial charge in [0.2, 0.25) is 0 Å². The number of rotatable bonds is 5. The van der Waals surface area contributed by atoms with Crippen LogP contribution >= 0.6 is 11.6 Å². The molecule has 0 saturated heterocycles. The van der Waals surface area contributed by atoms with Crippen molar-refractivity contribution in [3.05, 3.63) is 88.7 Å². The summed E-state index contributed by atoms with van der Waals surface area (Å²) in [5.41, 5.74) is 1.92. The van der Waals surface area contributed by atoms with Gasteiger partial charge in [-0.2, -0.15) is 0 Å². The van der Waals surface area contributed by atoms with Gasteiger partial charge in [0, 0.05) is 11.4 Å². The van der Waals surface area contributed by atoms with Gasteiger partial charge in [-0.05, 0) is 73.2 Å². The van der Waals surface area contributed by atoms with Crippen molar-refractivity contribution < 1.29 is 17.6 Å². The molecule has 0 bridgehead atoms. The summed E-state index contributed by atoms with van der Waals surface area (Å²) >= 11 is 6.09. The molecule has 3 aromatic rings. The topological polar surface area (TPSA) is 75.3 Å². The Hall–Kier alpha value is -2.90. The number of hydrogen-bond acceptors (Lipinski definition) is 3. The number of amides is 1. The van der Waals surface area contributed by atoms with E-state index < -0.39 is 21.7 Å². The zero-order valence-corrected chi connectivity index (χ0v) is 16.3. The van der Waals surface area contributed by atoms with Crippen molar-refractivity contribution in [3.8, 4) is 0 Å². The van der Waals surface area contributed by atoms with E-state index in [4.69, 9.17) is 11.6 Å². The lowest BCUT2D eigenvalue weighted by molar-refractivity contribution is 0.102. The van der Waals surface area contributed by atoms with Crippen LogP contribution in [0.5, 0.6) is 0 Å². The van der Waals surface area contributed by atoms with E-state index in [0.29, 0.717) is 16.3 Å². The van der Waals surface area contributed by atoms with E-state index in [0.717, 1.165) is 17.7 Å². The van der Waals surface area contributed by atoms with E-state index in [1.54, 1.807) is 18.2 Å². The average Bonchev–Trinajstić information content (AvgIpc) is 2.64. The molecular formula is C20H16ClFN2O3S. The van der Waals surface area contributed by atoms with Gasteiger partial charge in [0.25, 0.3) is 15.9 Å². The lowest BCUT2D eigenvalue weighted by Crippen LogP contribution is -2.14. The van der Waals surface area contributed by atoms with Crippen LogP contribution in [0.1, 0.15) is 15.9 Å². The van der Waals surface area contributed by atoms with Crippen molar-refractivity contribution in [1.29, 1.82) is 0 Å². The van der Waals surface area contributed by atoms with Crippen LogP contribution in [-0.4, -0.2) is 14.3 Å². The van der Waals surface area contributed by atoms with Crippen LogP contribution < -0.4 is 10.0 Å². The normalized spacial score (nSPS) is 11.1. The summed E-state index contributed by atoms with van der Waals surface area (Å²) < 4.78 is 40.1. The number of hydrogen-bond donors (Lipinski definition) is 2. The Bertz CT molecular complexity index is 1120. The monoisotopic (exact) mass is 418 g/mol. The Morgan fingerprint density at radius 3 is 2.14 bits per heavy atom. The van der Waals surface area contributed by atoms with Crippen LogP contribution in [0.25, 0.3) is 0 Å². The van der Waals surface area contributed by atoms with E-state index >= 15 is 0 Å². The summed E-state index contributed by atoms with van der Waals surface area (Å²) in [5.74, 6) is -0.859. The second-order valence-corrected chi connectivity index (χ2v) is 8.16. The number of benzene rings is 3. The molecule has 5 nitrogen and oxygen atoms in total. The summed E-state index contributed by atoms with van der Waals surface area (Å²) in [6, 6.07) is 15.7. The average molecular weight is 419 g/mol. The fraction of sp³-hybridized carbons (Fsp3) is 0.0500. The third-order valence-corrected chi connectivity index (χ3v) is 5.60. The first-order chi connectivity index (χ1) is 13.2. The maximum atomic E-state index is 12.9. The lowest BCUT2D eigenvalue weighted by atomic mass is 10.1. The molecule has 0 heterocycles. The van der Waals surface area contributed by atoms with E-state index in [1.165, 1.54) is 36.4 Å². The minimum atomic E-state index is -3.84. The molecule has 0 aliphatic carbocycles. The molecule has 0 radical (unpaired) electrons. The zero-order chi connectivity index (χ0) is 20.3.